The van der Waals surface area contributed by atoms with Crippen LogP contribution in [0, 0.1) is 0 Å². The molecule has 0 atom stereocenters. The molecule has 0 bridgehead atoms. The average molecular weight is 587 g/mol. The molecule has 2 aromatic heterocycles. The molecule has 0 unspecified atom stereocenters. The first-order chi connectivity index (χ1) is 19.5. The number of sulfonamides is 1. The molecule has 1 amide bonds. The van der Waals surface area contributed by atoms with Gasteiger partial charge in [-0.1, -0.05) is 12.1 Å². The number of fused-ring (bicyclic) bond motifs is 2. The molecule has 41 heavy (non-hydrogen) atoms. The van der Waals surface area contributed by atoms with E-state index in [1.54, 1.807) is 35.4 Å². The number of pyridine rings is 2. The lowest BCUT2D eigenvalue weighted by molar-refractivity contribution is -0.137. The van der Waals surface area contributed by atoms with E-state index >= 15 is 0 Å². The van der Waals surface area contributed by atoms with Crippen molar-refractivity contribution >= 4 is 27.6 Å². The fraction of sp³-hybridized carbons (Fsp3) is 0.393. The summed E-state index contributed by atoms with van der Waals surface area (Å²) in [6.45, 7) is 1.32. The van der Waals surface area contributed by atoms with Gasteiger partial charge in [0.15, 0.2) is 0 Å². The molecule has 1 spiro atoms. The van der Waals surface area contributed by atoms with Crippen LogP contribution in [-0.4, -0.2) is 60.8 Å². The van der Waals surface area contributed by atoms with Crippen LogP contribution in [0.3, 0.4) is 0 Å². The Balaban J connectivity index is 1.11. The largest absolute Gasteiger partial charge is 0.417 e. The van der Waals surface area contributed by atoms with Crippen molar-refractivity contribution in [1.29, 1.82) is 0 Å². The van der Waals surface area contributed by atoms with E-state index in [2.05, 4.69) is 15.3 Å². The molecule has 6 rings (SSSR count). The second-order valence-electron chi connectivity index (χ2n) is 10.7. The summed E-state index contributed by atoms with van der Waals surface area (Å²) in [7, 11) is -3.73. The van der Waals surface area contributed by atoms with Gasteiger partial charge in [0.2, 0.25) is 15.9 Å². The number of rotatable bonds is 7. The summed E-state index contributed by atoms with van der Waals surface area (Å²) < 4.78 is 66.4. The number of carbonyl (C=O) groups is 1. The van der Waals surface area contributed by atoms with E-state index in [0.717, 1.165) is 41.8 Å². The highest BCUT2D eigenvalue weighted by atomic mass is 32.2. The third-order valence-corrected chi connectivity index (χ3v) is 10.0. The first kappa shape index (κ1) is 27.6. The molecule has 2 fully saturated rings. The summed E-state index contributed by atoms with van der Waals surface area (Å²) in [5.41, 5.74) is 6.90. The number of alkyl halides is 3. The number of hydrogen-bond donors (Lipinski definition) is 2. The molecule has 3 aliphatic rings. The Hall–Kier alpha value is -3.55. The lowest BCUT2D eigenvalue weighted by atomic mass is 9.96. The lowest BCUT2D eigenvalue weighted by Crippen LogP contribution is -2.42. The maximum absolute atomic E-state index is 13.3. The first-order valence-electron chi connectivity index (χ1n) is 13.5. The quantitative estimate of drug-likeness (QED) is 0.432. The van der Waals surface area contributed by atoms with E-state index in [9.17, 15) is 26.4 Å². The second kappa shape index (κ2) is 10.1. The number of halogens is 3. The monoisotopic (exact) mass is 586 g/mol. The van der Waals surface area contributed by atoms with Crippen LogP contribution in [-0.2, 0) is 26.4 Å². The maximum atomic E-state index is 13.3. The molecule has 216 valence electrons. The zero-order valence-electron chi connectivity index (χ0n) is 22.1. The number of aromatic nitrogens is 2. The fourth-order valence-electron chi connectivity index (χ4n) is 5.66. The van der Waals surface area contributed by atoms with Gasteiger partial charge in [-0.3, -0.25) is 9.69 Å². The number of hydrogen-bond acceptors (Lipinski definition) is 7. The summed E-state index contributed by atoms with van der Waals surface area (Å²) in [6.07, 6.45) is 0.581. The van der Waals surface area contributed by atoms with Gasteiger partial charge in [0.25, 0.3) is 0 Å². The van der Waals surface area contributed by atoms with E-state index in [0.29, 0.717) is 37.6 Å². The van der Waals surface area contributed by atoms with Crippen molar-refractivity contribution in [2.75, 3.05) is 36.4 Å². The predicted octanol–water partition coefficient (Wildman–Crippen LogP) is 3.76. The van der Waals surface area contributed by atoms with Gasteiger partial charge in [-0.05, 0) is 61.6 Å². The van der Waals surface area contributed by atoms with Crippen LogP contribution in [0.4, 0.5) is 24.8 Å². The highest BCUT2D eigenvalue weighted by Gasteiger charge is 2.59. The number of nitrogens with one attached hydrogen (secondary N) is 1. The molecule has 1 aliphatic carbocycles. The number of benzene rings is 1. The minimum Gasteiger partial charge on any atom is -0.367 e. The van der Waals surface area contributed by atoms with Crippen LogP contribution in [0.2, 0.25) is 0 Å². The van der Waals surface area contributed by atoms with Gasteiger partial charge in [-0.25, -0.2) is 18.4 Å². The Morgan fingerprint density at radius 1 is 1.00 bits per heavy atom. The average Bonchev–Trinajstić information content (AvgIpc) is 3.74. The highest BCUT2D eigenvalue weighted by Crippen LogP contribution is 2.57. The van der Waals surface area contributed by atoms with Crippen molar-refractivity contribution in [2.24, 2.45) is 5.73 Å². The van der Waals surface area contributed by atoms with E-state index in [4.69, 9.17) is 5.73 Å². The molecule has 4 heterocycles. The van der Waals surface area contributed by atoms with Crippen molar-refractivity contribution < 1.29 is 26.4 Å². The number of piperidine rings is 1. The summed E-state index contributed by atoms with van der Waals surface area (Å²) >= 11 is 0. The molecule has 0 radical (unpaired) electrons. The molecule has 1 aromatic carbocycles. The minimum absolute atomic E-state index is 0.0543. The van der Waals surface area contributed by atoms with Crippen LogP contribution in [0.25, 0.3) is 11.1 Å². The summed E-state index contributed by atoms with van der Waals surface area (Å²) in [6, 6.07) is 10.8. The van der Waals surface area contributed by atoms with Crippen LogP contribution >= 0.6 is 0 Å². The number of nitrogens with zero attached hydrogens (tertiary/aromatic N) is 4. The van der Waals surface area contributed by atoms with Gasteiger partial charge in [0, 0.05) is 55.7 Å². The molecule has 2 aliphatic heterocycles. The molecular formula is C28H29F3N6O3S. The molecule has 1 saturated carbocycles. The van der Waals surface area contributed by atoms with Crippen LogP contribution < -0.4 is 16.0 Å². The molecule has 3 aromatic rings. The SMILES string of the molecule is NCCN1C(=O)C2(CC2)c2cc(-c3ccc(S(=O)(=O)N4CCC(Nc5ccc(C(F)(F)F)cn5)CC4)cc3)cnc21. The molecule has 1 saturated heterocycles. The van der Waals surface area contributed by atoms with Crippen molar-refractivity contribution in [3.8, 4) is 11.1 Å². The Labute approximate surface area is 235 Å². The van der Waals surface area contributed by atoms with Gasteiger partial charge < -0.3 is 11.1 Å². The fourth-order valence-corrected chi connectivity index (χ4v) is 7.13. The number of nitrogens with two attached hydrogens (primary N) is 1. The Morgan fingerprint density at radius 2 is 1.71 bits per heavy atom. The van der Waals surface area contributed by atoms with E-state index < -0.39 is 27.2 Å². The Kier molecular flexibility index (Phi) is 6.78. The first-order valence-corrected chi connectivity index (χ1v) is 14.9. The zero-order chi connectivity index (χ0) is 29.0. The standard InChI is InChI=1S/C28H29F3N6O3S/c29-28(30,31)20-3-6-24(33-17-20)35-21-7-12-36(13-8-21)41(39,40)22-4-1-18(2-5-22)19-15-23-25(34-16-19)37(14-11-32)26(38)27(23)9-10-27/h1-6,15-17,21H,7-14,32H2,(H,33,35). The summed E-state index contributed by atoms with van der Waals surface area (Å²) in [5, 5.41) is 3.10. The zero-order valence-corrected chi connectivity index (χ0v) is 22.9. The number of amides is 1. The maximum Gasteiger partial charge on any atom is 0.417 e. The van der Waals surface area contributed by atoms with Crippen molar-refractivity contribution in [3.63, 3.8) is 0 Å². The van der Waals surface area contributed by atoms with Gasteiger partial charge >= 0.3 is 6.18 Å². The third kappa shape index (κ3) is 4.95. The lowest BCUT2D eigenvalue weighted by Gasteiger charge is -2.32. The highest BCUT2D eigenvalue weighted by molar-refractivity contribution is 7.89. The molecule has 3 N–H and O–H groups in total. The smallest absolute Gasteiger partial charge is 0.367 e. The van der Waals surface area contributed by atoms with Crippen molar-refractivity contribution in [1.82, 2.24) is 14.3 Å². The van der Waals surface area contributed by atoms with E-state index in [1.807, 2.05) is 6.07 Å². The van der Waals surface area contributed by atoms with E-state index in [-0.39, 0.29) is 29.9 Å². The van der Waals surface area contributed by atoms with Gasteiger partial charge in [0.05, 0.1) is 15.9 Å². The normalized spacial score (nSPS) is 19.0. The molecule has 13 heteroatoms. The molecule has 9 nitrogen and oxygen atoms in total. The van der Waals surface area contributed by atoms with E-state index in [1.165, 1.54) is 10.4 Å². The Bertz CT molecular complexity index is 1570. The van der Waals surface area contributed by atoms with Crippen LogP contribution in [0.1, 0.15) is 36.8 Å². The minimum atomic E-state index is -4.45. The van der Waals surface area contributed by atoms with Crippen LogP contribution in [0.5, 0.6) is 0 Å². The predicted molar refractivity (Wildman–Crippen MR) is 147 cm³/mol. The third-order valence-electron chi connectivity index (χ3n) is 8.12. The van der Waals surface area contributed by atoms with Crippen molar-refractivity contribution in [3.05, 3.63) is 66.0 Å². The van der Waals surface area contributed by atoms with Crippen molar-refractivity contribution in [2.45, 2.75) is 48.2 Å². The molecular weight excluding hydrogens is 557 g/mol. The van der Waals surface area contributed by atoms with Crippen LogP contribution in [0.15, 0.2) is 59.8 Å². The van der Waals surface area contributed by atoms with Gasteiger partial charge in [0.1, 0.15) is 11.6 Å². The second-order valence-corrected chi connectivity index (χ2v) is 12.6. The van der Waals surface area contributed by atoms with Gasteiger partial charge in [-0.2, -0.15) is 17.5 Å². The Morgan fingerprint density at radius 3 is 2.29 bits per heavy atom. The summed E-state index contributed by atoms with van der Waals surface area (Å²) in [4.78, 5) is 23.2. The topological polar surface area (TPSA) is 122 Å². The van der Waals surface area contributed by atoms with Gasteiger partial charge in [-0.15, -0.1) is 0 Å². The number of carbonyl (C=O) groups excluding carboxylic acids is 1. The summed E-state index contributed by atoms with van der Waals surface area (Å²) in [5.74, 6) is 1.03. The number of anilines is 2.